The van der Waals surface area contributed by atoms with E-state index >= 15 is 0 Å². The summed E-state index contributed by atoms with van der Waals surface area (Å²) in [7, 11) is 0. The Hall–Kier alpha value is -1.14. The molecule has 2 saturated heterocycles. The molecule has 1 atom stereocenters. The van der Waals surface area contributed by atoms with Crippen LogP contribution in [0.5, 0.6) is 0 Å². The summed E-state index contributed by atoms with van der Waals surface area (Å²) < 4.78 is 0. The highest BCUT2D eigenvalue weighted by atomic mass is 32.1. The second kappa shape index (κ2) is 6.32. The third-order valence-electron chi connectivity index (χ3n) is 4.46. The van der Waals surface area contributed by atoms with Crippen LogP contribution in [-0.2, 0) is 6.42 Å². The first kappa shape index (κ1) is 14.8. The number of aryl methyl sites for hydroxylation is 1. The fourth-order valence-electron chi connectivity index (χ4n) is 3.37. The number of rotatable bonds is 5. The molecular formula is C15H23N3O2S. The molecule has 3 rings (SSSR count). The molecule has 6 heteroatoms. The maximum atomic E-state index is 11.3. The third kappa shape index (κ3) is 3.06. The molecule has 1 aromatic heterocycles. The third-order valence-corrected chi connectivity index (χ3v) is 5.60. The van der Waals surface area contributed by atoms with Crippen molar-refractivity contribution >= 4 is 22.4 Å². The number of thiazole rings is 1. The van der Waals surface area contributed by atoms with E-state index in [1.165, 1.54) is 43.7 Å². The average molecular weight is 309 g/mol. The summed E-state index contributed by atoms with van der Waals surface area (Å²) in [4.78, 5) is 21.2. The molecule has 0 bridgehead atoms. The average Bonchev–Trinajstić information content (AvgIpc) is 3.18. The Kier molecular flexibility index (Phi) is 4.45. The zero-order valence-electron chi connectivity index (χ0n) is 12.5. The van der Waals surface area contributed by atoms with Gasteiger partial charge in [0, 0.05) is 19.1 Å². The zero-order valence-corrected chi connectivity index (χ0v) is 13.4. The van der Waals surface area contributed by atoms with Gasteiger partial charge < -0.3 is 10.0 Å². The highest BCUT2D eigenvalue weighted by Crippen LogP contribution is 2.31. The lowest BCUT2D eigenvalue weighted by Gasteiger charge is -2.23. The van der Waals surface area contributed by atoms with E-state index in [4.69, 9.17) is 0 Å². The fraction of sp³-hybridized carbons (Fsp3) is 0.733. The molecule has 2 fully saturated rings. The molecule has 0 saturated carbocycles. The van der Waals surface area contributed by atoms with Gasteiger partial charge in [0.15, 0.2) is 5.13 Å². The van der Waals surface area contributed by atoms with Crippen LogP contribution in [0.1, 0.15) is 48.0 Å². The summed E-state index contributed by atoms with van der Waals surface area (Å²) in [6, 6.07) is 0.624. The van der Waals surface area contributed by atoms with E-state index < -0.39 is 5.97 Å². The number of carboxylic acids is 1. The molecule has 0 radical (unpaired) electrons. The van der Waals surface area contributed by atoms with E-state index in [2.05, 4.69) is 21.7 Å². The van der Waals surface area contributed by atoms with Crippen LogP contribution in [0.2, 0.25) is 0 Å². The van der Waals surface area contributed by atoms with Crippen LogP contribution in [0.3, 0.4) is 0 Å². The Morgan fingerprint density at radius 3 is 2.81 bits per heavy atom. The Balaban J connectivity index is 1.72. The molecule has 2 aliphatic rings. The molecule has 0 aliphatic carbocycles. The van der Waals surface area contributed by atoms with Gasteiger partial charge in [-0.3, -0.25) is 4.90 Å². The number of carbonyl (C=O) groups is 1. The maximum absolute atomic E-state index is 11.3. The van der Waals surface area contributed by atoms with E-state index in [0.29, 0.717) is 10.9 Å². The highest BCUT2D eigenvalue weighted by molar-refractivity contribution is 7.17. The molecular weight excluding hydrogens is 286 g/mol. The molecule has 116 valence electrons. The molecule has 1 N–H and O–H groups in total. The van der Waals surface area contributed by atoms with Crippen molar-refractivity contribution in [1.29, 1.82) is 0 Å². The minimum atomic E-state index is -0.836. The number of hydrogen-bond acceptors (Lipinski definition) is 5. The Labute approximate surface area is 129 Å². The monoisotopic (exact) mass is 309 g/mol. The van der Waals surface area contributed by atoms with Crippen LogP contribution >= 0.6 is 11.3 Å². The van der Waals surface area contributed by atoms with Crippen LogP contribution in [0.15, 0.2) is 0 Å². The van der Waals surface area contributed by atoms with Crippen LogP contribution in [0.25, 0.3) is 0 Å². The molecule has 0 spiro atoms. The van der Waals surface area contributed by atoms with Gasteiger partial charge in [-0.05, 0) is 38.8 Å². The van der Waals surface area contributed by atoms with Gasteiger partial charge in [-0.25, -0.2) is 9.78 Å². The van der Waals surface area contributed by atoms with Crippen LogP contribution in [-0.4, -0.2) is 53.2 Å². The molecule has 0 amide bonds. The van der Waals surface area contributed by atoms with Crippen molar-refractivity contribution in [3.63, 3.8) is 0 Å². The zero-order chi connectivity index (χ0) is 14.8. The Morgan fingerprint density at radius 2 is 2.14 bits per heavy atom. The summed E-state index contributed by atoms with van der Waals surface area (Å²) in [5.41, 5.74) is 0.759. The number of likely N-dealkylation sites (tertiary alicyclic amines) is 1. The lowest BCUT2D eigenvalue weighted by molar-refractivity contribution is 0.0700. The second-order valence-corrected chi connectivity index (χ2v) is 6.94. The first-order chi connectivity index (χ1) is 10.2. The molecule has 21 heavy (non-hydrogen) atoms. The summed E-state index contributed by atoms with van der Waals surface area (Å²) in [5, 5.41) is 10.2. The molecule has 1 aromatic rings. The van der Waals surface area contributed by atoms with Crippen LogP contribution in [0.4, 0.5) is 5.13 Å². The summed E-state index contributed by atoms with van der Waals surface area (Å²) in [6.45, 7) is 6.50. The molecule has 1 unspecified atom stereocenters. The van der Waals surface area contributed by atoms with Crippen LogP contribution < -0.4 is 4.90 Å². The van der Waals surface area contributed by atoms with E-state index in [1.54, 1.807) is 0 Å². The molecule has 0 aromatic carbocycles. The smallest absolute Gasteiger partial charge is 0.347 e. The quantitative estimate of drug-likeness (QED) is 0.905. The molecule has 2 aliphatic heterocycles. The van der Waals surface area contributed by atoms with Gasteiger partial charge >= 0.3 is 5.97 Å². The van der Waals surface area contributed by atoms with Crippen molar-refractivity contribution in [3.05, 3.63) is 10.6 Å². The van der Waals surface area contributed by atoms with Crippen molar-refractivity contribution in [3.8, 4) is 0 Å². The number of anilines is 1. The number of nitrogens with zero attached hydrogens (tertiary/aromatic N) is 3. The van der Waals surface area contributed by atoms with Crippen LogP contribution in [0, 0.1) is 0 Å². The SMILES string of the molecule is CCCc1nc(N2CCC(N3CCCC3)C2)sc1C(=O)O. The largest absolute Gasteiger partial charge is 0.477 e. The van der Waals surface area contributed by atoms with Gasteiger partial charge in [0.05, 0.1) is 5.69 Å². The van der Waals surface area contributed by atoms with Gasteiger partial charge in [0.2, 0.25) is 0 Å². The fourth-order valence-corrected chi connectivity index (χ4v) is 4.35. The molecule has 3 heterocycles. The summed E-state index contributed by atoms with van der Waals surface area (Å²) in [5.74, 6) is -0.836. The number of aromatic nitrogens is 1. The first-order valence-electron chi connectivity index (χ1n) is 7.91. The second-order valence-electron chi connectivity index (χ2n) is 5.96. The van der Waals surface area contributed by atoms with Crippen molar-refractivity contribution < 1.29 is 9.90 Å². The lowest BCUT2D eigenvalue weighted by atomic mass is 10.2. The molecule has 5 nitrogen and oxygen atoms in total. The van der Waals surface area contributed by atoms with Crippen molar-refractivity contribution in [2.75, 3.05) is 31.1 Å². The van der Waals surface area contributed by atoms with Gasteiger partial charge in [-0.2, -0.15) is 0 Å². The normalized spacial score (nSPS) is 23.1. The first-order valence-corrected chi connectivity index (χ1v) is 8.72. The topological polar surface area (TPSA) is 56.7 Å². The van der Waals surface area contributed by atoms with E-state index in [1.807, 2.05) is 0 Å². The summed E-state index contributed by atoms with van der Waals surface area (Å²) >= 11 is 1.35. The van der Waals surface area contributed by atoms with Gasteiger partial charge in [0.25, 0.3) is 0 Å². The van der Waals surface area contributed by atoms with Gasteiger partial charge in [-0.15, -0.1) is 0 Å². The lowest BCUT2D eigenvalue weighted by Crippen LogP contribution is -2.35. The minimum Gasteiger partial charge on any atom is -0.477 e. The standard InChI is InChI=1S/C15H23N3O2S/c1-2-5-12-13(14(19)20)21-15(16-12)18-9-6-11(10-18)17-7-3-4-8-17/h11H,2-10H2,1H3,(H,19,20). The van der Waals surface area contributed by atoms with E-state index in [-0.39, 0.29) is 0 Å². The van der Waals surface area contributed by atoms with Gasteiger partial charge in [0.1, 0.15) is 4.88 Å². The predicted octanol–water partition coefficient (Wildman–Crippen LogP) is 2.47. The van der Waals surface area contributed by atoms with Crippen molar-refractivity contribution in [1.82, 2.24) is 9.88 Å². The number of aromatic carboxylic acids is 1. The predicted molar refractivity (Wildman–Crippen MR) is 84.5 cm³/mol. The minimum absolute atomic E-state index is 0.427. The Bertz CT molecular complexity index is 511. The number of carboxylic acid groups (broad SMARTS) is 1. The maximum Gasteiger partial charge on any atom is 0.347 e. The van der Waals surface area contributed by atoms with Gasteiger partial charge in [-0.1, -0.05) is 24.7 Å². The van der Waals surface area contributed by atoms with E-state index in [9.17, 15) is 9.90 Å². The summed E-state index contributed by atoms with van der Waals surface area (Å²) in [6.07, 6.45) is 5.49. The highest BCUT2D eigenvalue weighted by Gasteiger charge is 2.31. The Morgan fingerprint density at radius 1 is 1.38 bits per heavy atom. The van der Waals surface area contributed by atoms with Crippen molar-refractivity contribution in [2.24, 2.45) is 0 Å². The van der Waals surface area contributed by atoms with E-state index in [0.717, 1.165) is 36.8 Å². The van der Waals surface area contributed by atoms with Crippen molar-refractivity contribution in [2.45, 2.75) is 45.1 Å². The number of hydrogen-bond donors (Lipinski definition) is 1.